The molecule has 0 fully saturated rings. The minimum atomic E-state index is 0.0120. The van der Waals surface area contributed by atoms with Crippen molar-refractivity contribution in [1.29, 1.82) is 0 Å². The number of halogens is 2. The molecule has 1 heterocycles. The third-order valence-electron chi connectivity index (χ3n) is 2.92. The van der Waals surface area contributed by atoms with Gasteiger partial charge in [0.2, 0.25) is 0 Å². The van der Waals surface area contributed by atoms with E-state index < -0.39 is 0 Å². The molecule has 0 amide bonds. The van der Waals surface area contributed by atoms with Gasteiger partial charge in [0.15, 0.2) is 5.78 Å². The fourth-order valence-corrected chi connectivity index (χ4v) is 3.83. The van der Waals surface area contributed by atoms with E-state index >= 15 is 0 Å². The highest BCUT2D eigenvalue weighted by molar-refractivity contribution is 14.1. The number of rotatable bonds is 3. The molecule has 2 nitrogen and oxygen atoms in total. The topological polar surface area (TPSA) is 26.3 Å². The highest BCUT2D eigenvalue weighted by Crippen LogP contribution is 2.34. The average Bonchev–Trinajstić information content (AvgIpc) is 2.79. The maximum Gasteiger partial charge on any atom is 0.197 e. The molecule has 2 rings (SSSR count). The van der Waals surface area contributed by atoms with Crippen LogP contribution in [0.4, 0.5) is 0 Å². The fourth-order valence-electron chi connectivity index (χ4n) is 1.96. The Morgan fingerprint density at radius 1 is 1.37 bits per heavy atom. The van der Waals surface area contributed by atoms with Crippen LogP contribution in [0.15, 0.2) is 22.0 Å². The van der Waals surface area contributed by atoms with Gasteiger partial charge < -0.3 is 4.74 Å². The molecule has 0 saturated carbocycles. The molecule has 0 atom stereocenters. The first-order valence-electron chi connectivity index (χ1n) is 5.58. The summed E-state index contributed by atoms with van der Waals surface area (Å²) in [7, 11) is 1.60. The van der Waals surface area contributed by atoms with Crippen LogP contribution in [-0.4, -0.2) is 12.9 Å². The number of carbonyl (C=O) groups excluding carboxylic acids is 1. The Bertz CT molecular complexity index is 649. The van der Waals surface area contributed by atoms with Crippen molar-refractivity contribution in [3.05, 3.63) is 47.1 Å². The minimum Gasteiger partial charge on any atom is -0.496 e. The second-order valence-electron chi connectivity index (χ2n) is 4.18. The zero-order valence-electron chi connectivity index (χ0n) is 10.7. The van der Waals surface area contributed by atoms with E-state index in [0.717, 1.165) is 18.5 Å². The standard InChI is InChI=1S/C14H12BrIO2S/c1-7-4-10(15)8(2)12(14(7)18-3)13(17)9-5-11(16)19-6-9/h4-6H,1-3H3. The Labute approximate surface area is 138 Å². The normalized spacial score (nSPS) is 10.6. The lowest BCUT2D eigenvalue weighted by molar-refractivity contribution is 0.103. The van der Waals surface area contributed by atoms with Crippen LogP contribution in [0.1, 0.15) is 27.0 Å². The van der Waals surface area contributed by atoms with Gasteiger partial charge in [0.1, 0.15) is 5.75 Å². The van der Waals surface area contributed by atoms with E-state index in [-0.39, 0.29) is 5.78 Å². The molecular weight excluding hydrogens is 439 g/mol. The van der Waals surface area contributed by atoms with Gasteiger partial charge in [-0.05, 0) is 59.7 Å². The Kier molecular flexibility index (Phi) is 4.68. The first-order chi connectivity index (χ1) is 8.95. The zero-order valence-corrected chi connectivity index (χ0v) is 15.3. The Morgan fingerprint density at radius 3 is 2.58 bits per heavy atom. The van der Waals surface area contributed by atoms with Gasteiger partial charge >= 0.3 is 0 Å². The van der Waals surface area contributed by atoms with Crippen molar-refractivity contribution in [2.24, 2.45) is 0 Å². The monoisotopic (exact) mass is 450 g/mol. The molecule has 0 aliphatic carbocycles. The van der Waals surface area contributed by atoms with Crippen LogP contribution >= 0.6 is 49.9 Å². The molecule has 0 unspecified atom stereocenters. The number of carbonyl (C=O) groups is 1. The van der Waals surface area contributed by atoms with Gasteiger partial charge in [-0.3, -0.25) is 4.79 Å². The van der Waals surface area contributed by atoms with E-state index in [4.69, 9.17) is 4.74 Å². The molecule has 5 heteroatoms. The lowest BCUT2D eigenvalue weighted by Gasteiger charge is -2.14. The number of hydrogen-bond donors (Lipinski definition) is 0. The number of aryl methyl sites for hydroxylation is 1. The Morgan fingerprint density at radius 2 is 2.05 bits per heavy atom. The summed E-state index contributed by atoms with van der Waals surface area (Å²) in [6, 6.07) is 3.88. The summed E-state index contributed by atoms with van der Waals surface area (Å²) in [5.41, 5.74) is 3.22. The van der Waals surface area contributed by atoms with E-state index in [1.165, 1.54) is 0 Å². The number of ketones is 1. The highest BCUT2D eigenvalue weighted by atomic mass is 127. The second kappa shape index (κ2) is 5.93. The van der Waals surface area contributed by atoms with Crippen molar-refractivity contribution in [2.75, 3.05) is 7.11 Å². The Hall–Kier alpha value is -0.400. The molecular formula is C14H12BrIO2S. The minimum absolute atomic E-state index is 0.0120. The molecule has 19 heavy (non-hydrogen) atoms. The first kappa shape index (κ1) is 15.0. The molecule has 1 aromatic carbocycles. The summed E-state index contributed by atoms with van der Waals surface area (Å²) in [6.07, 6.45) is 0. The van der Waals surface area contributed by atoms with Crippen LogP contribution in [0.25, 0.3) is 0 Å². The van der Waals surface area contributed by atoms with Crippen molar-refractivity contribution in [3.63, 3.8) is 0 Å². The predicted molar refractivity (Wildman–Crippen MR) is 90.6 cm³/mol. The summed E-state index contributed by atoms with van der Waals surface area (Å²) in [5, 5.41) is 1.89. The number of methoxy groups -OCH3 is 1. The van der Waals surface area contributed by atoms with Gasteiger partial charge in [-0.15, -0.1) is 11.3 Å². The van der Waals surface area contributed by atoms with Crippen molar-refractivity contribution >= 4 is 55.6 Å². The molecule has 0 aliphatic rings. The van der Waals surface area contributed by atoms with Gasteiger partial charge in [0.05, 0.1) is 15.6 Å². The summed E-state index contributed by atoms with van der Waals surface area (Å²) in [6.45, 7) is 3.87. The Balaban J connectivity index is 2.64. The van der Waals surface area contributed by atoms with E-state index in [0.29, 0.717) is 16.9 Å². The number of ether oxygens (including phenoxy) is 1. The van der Waals surface area contributed by atoms with Crippen molar-refractivity contribution in [1.82, 2.24) is 0 Å². The highest BCUT2D eigenvalue weighted by Gasteiger charge is 2.21. The first-order valence-corrected chi connectivity index (χ1v) is 8.33. The van der Waals surface area contributed by atoms with Gasteiger partial charge in [-0.1, -0.05) is 15.9 Å². The number of thiophene rings is 1. The molecule has 2 aromatic rings. The van der Waals surface area contributed by atoms with Crippen LogP contribution < -0.4 is 4.74 Å². The largest absolute Gasteiger partial charge is 0.496 e. The summed E-state index contributed by atoms with van der Waals surface area (Å²) >= 11 is 7.29. The second-order valence-corrected chi connectivity index (χ2v) is 7.84. The zero-order chi connectivity index (χ0) is 14.2. The SMILES string of the molecule is COc1c(C)cc(Br)c(C)c1C(=O)c1csc(I)c1. The van der Waals surface area contributed by atoms with Gasteiger partial charge in [-0.25, -0.2) is 0 Å². The van der Waals surface area contributed by atoms with Crippen LogP contribution in [-0.2, 0) is 0 Å². The maximum absolute atomic E-state index is 12.7. The molecule has 0 bridgehead atoms. The van der Waals surface area contributed by atoms with Crippen LogP contribution in [0.2, 0.25) is 0 Å². The molecule has 0 aliphatic heterocycles. The van der Waals surface area contributed by atoms with Gasteiger partial charge in [0, 0.05) is 15.4 Å². The van der Waals surface area contributed by atoms with Crippen LogP contribution in [0, 0.1) is 16.7 Å². The molecule has 0 N–H and O–H groups in total. The molecule has 100 valence electrons. The van der Waals surface area contributed by atoms with E-state index in [9.17, 15) is 4.79 Å². The molecule has 0 saturated heterocycles. The van der Waals surface area contributed by atoms with E-state index in [1.807, 2.05) is 31.4 Å². The molecule has 0 spiro atoms. The lowest BCUT2D eigenvalue weighted by Crippen LogP contribution is -2.07. The number of hydrogen-bond acceptors (Lipinski definition) is 3. The van der Waals surface area contributed by atoms with Crippen molar-refractivity contribution in [2.45, 2.75) is 13.8 Å². The fraction of sp³-hybridized carbons (Fsp3) is 0.214. The quantitative estimate of drug-likeness (QED) is 0.487. The molecule has 0 radical (unpaired) electrons. The third-order valence-corrected chi connectivity index (χ3v) is 5.54. The van der Waals surface area contributed by atoms with Crippen molar-refractivity contribution in [3.8, 4) is 5.75 Å². The number of benzene rings is 1. The van der Waals surface area contributed by atoms with Gasteiger partial charge in [0.25, 0.3) is 0 Å². The smallest absolute Gasteiger partial charge is 0.197 e. The van der Waals surface area contributed by atoms with E-state index in [2.05, 4.69) is 38.5 Å². The van der Waals surface area contributed by atoms with Crippen LogP contribution in [0.3, 0.4) is 0 Å². The average molecular weight is 451 g/mol. The van der Waals surface area contributed by atoms with Gasteiger partial charge in [-0.2, -0.15) is 0 Å². The van der Waals surface area contributed by atoms with Crippen LogP contribution in [0.5, 0.6) is 5.75 Å². The summed E-state index contributed by atoms with van der Waals surface area (Å²) in [4.78, 5) is 12.7. The molecule has 1 aromatic heterocycles. The summed E-state index contributed by atoms with van der Waals surface area (Å²) < 4.78 is 7.45. The maximum atomic E-state index is 12.7. The van der Waals surface area contributed by atoms with E-state index in [1.54, 1.807) is 18.4 Å². The third kappa shape index (κ3) is 2.87. The summed E-state index contributed by atoms with van der Waals surface area (Å²) in [5.74, 6) is 0.671. The predicted octanol–water partition coefficient (Wildman–Crippen LogP) is 4.97. The lowest BCUT2D eigenvalue weighted by atomic mass is 9.97. The van der Waals surface area contributed by atoms with Crippen molar-refractivity contribution < 1.29 is 9.53 Å².